The highest BCUT2D eigenvalue weighted by molar-refractivity contribution is 5.93. The number of anilines is 1. The summed E-state index contributed by atoms with van der Waals surface area (Å²) in [5, 5.41) is 6.14. The maximum Gasteiger partial charge on any atom is 0.227 e. The van der Waals surface area contributed by atoms with Gasteiger partial charge in [0.2, 0.25) is 11.8 Å². The summed E-state index contributed by atoms with van der Waals surface area (Å²) in [6.45, 7) is 6.96. The van der Waals surface area contributed by atoms with E-state index in [2.05, 4.69) is 42.5 Å². The molecule has 1 aliphatic carbocycles. The van der Waals surface area contributed by atoms with E-state index in [1.54, 1.807) is 12.4 Å². The number of aromatic nitrogens is 1. The Morgan fingerprint density at radius 2 is 1.52 bits per heavy atom. The number of hydrogen-bond donors (Lipinski definition) is 2. The Labute approximate surface area is 173 Å². The molecule has 1 fully saturated rings. The molecule has 0 aliphatic heterocycles. The minimum atomic E-state index is -0.0349. The summed E-state index contributed by atoms with van der Waals surface area (Å²) in [5.74, 6) is 0.103. The minimum Gasteiger partial charge on any atom is -0.352 e. The van der Waals surface area contributed by atoms with E-state index < -0.39 is 0 Å². The molecular weight excluding hydrogens is 362 g/mol. The number of amides is 2. The summed E-state index contributed by atoms with van der Waals surface area (Å²) in [6.07, 6.45) is 6.45. The Kier molecular flexibility index (Phi) is 6.68. The van der Waals surface area contributed by atoms with Crippen molar-refractivity contribution in [2.75, 3.05) is 5.32 Å². The number of carbonyl (C=O) groups excluding carboxylic acids is 2. The maximum atomic E-state index is 12.8. The molecule has 1 heterocycles. The first-order valence-electron chi connectivity index (χ1n) is 10.4. The van der Waals surface area contributed by atoms with Crippen molar-refractivity contribution in [3.63, 3.8) is 0 Å². The van der Waals surface area contributed by atoms with E-state index in [4.69, 9.17) is 0 Å². The van der Waals surface area contributed by atoms with Crippen LogP contribution in [0.1, 0.15) is 57.6 Å². The van der Waals surface area contributed by atoms with Crippen molar-refractivity contribution in [1.29, 1.82) is 0 Å². The van der Waals surface area contributed by atoms with Crippen molar-refractivity contribution >= 4 is 17.5 Å². The van der Waals surface area contributed by atoms with E-state index >= 15 is 0 Å². The van der Waals surface area contributed by atoms with Gasteiger partial charge in [0.25, 0.3) is 0 Å². The number of benzene rings is 1. The van der Waals surface area contributed by atoms with E-state index in [-0.39, 0.29) is 29.1 Å². The van der Waals surface area contributed by atoms with Gasteiger partial charge in [0.15, 0.2) is 0 Å². The van der Waals surface area contributed by atoms with Crippen molar-refractivity contribution in [3.8, 4) is 0 Å². The van der Waals surface area contributed by atoms with E-state index in [1.807, 2.05) is 30.3 Å². The van der Waals surface area contributed by atoms with Crippen LogP contribution in [0.5, 0.6) is 0 Å². The molecule has 1 aliphatic rings. The van der Waals surface area contributed by atoms with Gasteiger partial charge in [-0.05, 0) is 60.4 Å². The van der Waals surface area contributed by atoms with Gasteiger partial charge in [0, 0.05) is 36.5 Å². The van der Waals surface area contributed by atoms with Gasteiger partial charge in [-0.25, -0.2) is 0 Å². The summed E-state index contributed by atoms with van der Waals surface area (Å²) < 4.78 is 0. The highest BCUT2D eigenvalue weighted by Gasteiger charge is 2.30. The van der Waals surface area contributed by atoms with E-state index in [1.165, 1.54) is 0 Å². The zero-order valence-electron chi connectivity index (χ0n) is 17.6. The molecule has 0 saturated heterocycles. The lowest BCUT2D eigenvalue weighted by atomic mass is 9.80. The number of pyridine rings is 1. The fourth-order valence-electron chi connectivity index (χ4n) is 3.93. The van der Waals surface area contributed by atoms with E-state index in [0.29, 0.717) is 6.54 Å². The molecule has 29 heavy (non-hydrogen) atoms. The SMILES string of the molecule is CC(C)(C)c1ccccc1NC(=O)C1CCC(C(=O)NCc2ccncc2)CC1. The largest absolute Gasteiger partial charge is 0.352 e. The monoisotopic (exact) mass is 393 g/mol. The van der Waals surface area contributed by atoms with Gasteiger partial charge in [-0.1, -0.05) is 39.0 Å². The molecule has 0 atom stereocenters. The summed E-state index contributed by atoms with van der Waals surface area (Å²) in [5.41, 5.74) is 3.03. The van der Waals surface area contributed by atoms with Gasteiger partial charge in [-0.3, -0.25) is 14.6 Å². The van der Waals surface area contributed by atoms with Crippen LogP contribution in [0.25, 0.3) is 0 Å². The molecule has 5 heteroatoms. The molecule has 2 aromatic rings. The minimum absolute atomic E-state index is 0.0113. The molecule has 5 nitrogen and oxygen atoms in total. The number of para-hydroxylation sites is 1. The van der Waals surface area contributed by atoms with E-state index in [0.717, 1.165) is 42.5 Å². The number of nitrogens with zero attached hydrogens (tertiary/aromatic N) is 1. The van der Waals surface area contributed by atoms with Crippen LogP contribution in [0, 0.1) is 11.8 Å². The first kappa shape index (κ1) is 21.0. The molecule has 0 bridgehead atoms. The lowest BCUT2D eigenvalue weighted by molar-refractivity contribution is -0.128. The average molecular weight is 394 g/mol. The summed E-state index contributed by atoms with van der Waals surface area (Å²) >= 11 is 0. The predicted octanol–water partition coefficient (Wildman–Crippen LogP) is 4.44. The molecule has 1 aromatic heterocycles. The van der Waals surface area contributed by atoms with Crippen molar-refractivity contribution < 1.29 is 9.59 Å². The normalized spacial score (nSPS) is 19.4. The van der Waals surface area contributed by atoms with Gasteiger partial charge >= 0.3 is 0 Å². The molecule has 2 N–H and O–H groups in total. The summed E-state index contributed by atoms with van der Waals surface area (Å²) in [7, 11) is 0. The number of rotatable bonds is 5. The molecule has 3 rings (SSSR count). The topological polar surface area (TPSA) is 71.1 Å². The van der Waals surface area contributed by atoms with Gasteiger partial charge < -0.3 is 10.6 Å². The number of hydrogen-bond acceptors (Lipinski definition) is 3. The Morgan fingerprint density at radius 1 is 0.931 bits per heavy atom. The second kappa shape index (κ2) is 9.21. The zero-order chi connectivity index (χ0) is 20.9. The number of carbonyl (C=O) groups is 2. The van der Waals surface area contributed by atoms with Crippen molar-refractivity contribution in [3.05, 3.63) is 59.9 Å². The summed E-state index contributed by atoms with van der Waals surface area (Å²) in [6, 6.07) is 11.8. The van der Waals surface area contributed by atoms with Gasteiger partial charge in [-0.15, -0.1) is 0 Å². The fourth-order valence-corrected chi connectivity index (χ4v) is 3.93. The third kappa shape index (κ3) is 5.66. The smallest absolute Gasteiger partial charge is 0.227 e. The first-order chi connectivity index (χ1) is 13.8. The third-order valence-corrected chi connectivity index (χ3v) is 5.68. The Balaban J connectivity index is 1.50. The zero-order valence-corrected chi connectivity index (χ0v) is 17.6. The molecule has 2 amide bonds. The second-order valence-electron chi connectivity index (χ2n) is 8.91. The predicted molar refractivity (Wildman–Crippen MR) is 115 cm³/mol. The highest BCUT2D eigenvalue weighted by Crippen LogP contribution is 2.32. The molecule has 1 aromatic carbocycles. The van der Waals surface area contributed by atoms with Crippen LogP contribution in [0.15, 0.2) is 48.8 Å². The van der Waals surface area contributed by atoms with Crippen LogP contribution in [0.4, 0.5) is 5.69 Å². The quantitative estimate of drug-likeness (QED) is 0.789. The lowest BCUT2D eigenvalue weighted by Gasteiger charge is -2.28. The standard InChI is InChI=1S/C24H31N3O2/c1-24(2,3)20-6-4-5-7-21(20)27-23(29)19-10-8-18(9-11-19)22(28)26-16-17-12-14-25-15-13-17/h4-7,12-15,18-19H,8-11,16H2,1-3H3,(H,26,28)(H,27,29). The molecule has 154 valence electrons. The van der Waals surface area contributed by atoms with Gasteiger partial charge in [-0.2, -0.15) is 0 Å². The maximum absolute atomic E-state index is 12.8. The number of nitrogens with one attached hydrogen (secondary N) is 2. The lowest BCUT2D eigenvalue weighted by Crippen LogP contribution is -2.35. The first-order valence-corrected chi connectivity index (χ1v) is 10.4. The fraction of sp³-hybridized carbons (Fsp3) is 0.458. The molecular formula is C24H31N3O2. The van der Waals surface area contributed by atoms with Crippen LogP contribution in [0.2, 0.25) is 0 Å². The third-order valence-electron chi connectivity index (χ3n) is 5.68. The summed E-state index contributed by atoms with van der Waals surface area (Å²) in [4.78, 5) is 29.3. The van der Waals surface area contributed by atoms with Gasteiger partial charge in [0.05, 0.1) is 0 Å². The van der Waals surface area contributed by atoms with Crippen LogP contribution in [-0.4, -0.2) is 16.8 Å². The molecule has 0 radical (unpaired) electrons. The van der Waals surface area contributed by atoms with E-state index in [9.17, 15) is 9.59 Å². The average Bonchev–Trinajstić information content (AvgIpc) is 2.72. The van der Waals surface area contributed by atoms with Crippen LogP contribution in [-0.2, 0) is 21.5 Å². The van der Waals surface area contributed by atoms with Crippen LogP contribution >= 0.6 is 0 Å². The molecule has 0 spiro atoms. The molecule has 1 saturated carbocycles. The second-order valence-corrected chi connectivity index (χ2v) is 8.91. The molecule has 0 unspecified atom stereocenters. The van der Waals surface area contributed by atoms with Gasteiger partial charge in [0.1, 0.15) is 0 Å². The van der Waals surface area contributed by atoms with Crippen LogP contribution in [0.3, 0.4) is 0 Å². The van der Waals surface area contributed by atoms with Crippen molar-refractivity contribution in [2.45, 2.75) is 58.4 Å². The Hall–Kier alpha value is -2.69. The Bertz CT molecular complexity index is 835. The highest BCUT2D eigenvalue weighted by atomic mass is 16.2. The van der Waals surface area contributed by atoms with Crippen molar-refractivity contribution in [1.82, 2.24) is 10.3 Å². The van der Waals surface area contributed by atoms with Crippen LogP contribution < -0.4 is 10.6 Å². The van der Waals surface area contributed by atoms with Crippen molar-refractivity contribution in [2.24, 2.45) is 11.8 Å². The Morgan fingerprint density at radius 3 is 2.14 bits per heavy atom.